The topological polar surface area (TPSA) is 60.9 Å². The van der Waals surface area contributed by atoms with Crippen LogP contribution in [-0.4, -0.2) is 14.7 Å². The van der Waals surface area contributed by atoms with E-state index in [0.29, 0.717) is 22.8 Å². The summed E-state index contributed by atoms with van der Waals surface area (Å²) in [5.41, 5.74) is 2.96. The molecular weight excluding hydrogens is 390 g/mol. The largest absolute Gasteiger partial charge is 0.361 e. The minimum atomic E-state index is -0.0374. The summed E-state index contributed by atoms with van der Waals surface area (Å²) < 4.78 is 6.92. The number of aromatic nitrogens is 3. The summed E-state index contributed by atoms with van der Waals surface area (Å²) in [5, 5.41) is 5.33. The summed E-state index contributed by atoms with van der Waals surface area (Å²) in [6.07, 6.45) is 1.72. The molecule has 7 heteroatoms. The van der Waals surface area contributed by atoms with Crippen molar-refractivity contribution < 1.29 is 4.52 Å². The van der Waals surface area contributed by atoms with E-state index in [1.807, 2.05) is 50.2 Å². The van der Waals surface area contributed by atoms with Crippen LogP contribution in [0, 0.1) is 13.8 Å². The standard InChI is InChI=1S/C21H19N3O2S2/c1-4-10-24-20(25)16-11-18(15-8-6-5-7-9-15)28-19(16)22-21(24)27-12-17-13(2)23-26-14(17)3/h4-9,11H,1,10,12H2,2-3H3. The van der Waals surface area contributed by atoms with Crippen LogP contribution in [0.1, 0.15) is 17.0 Å². The number of thiophene rings is 1. The Morgan fingerprint density at radius 2 is 2.07 bits per heavy atom. The number of rotatable bonds is 6. The first-order valence-electron chi connectivity index (χ1n) is 8.83. The molecular formula is C21H19N3O2S2. The molecule has 0 aliphatic carbocycles. The number of thioether (sulfide) groups is 1. The third-order valence-electron chi connectivity index (χ3n) is 4.51. The second-order valence-electron chi connectivity index (χ2n) is 6.39. The molecule has 0 saturated carbocycles. The lowest BCUT2D eigenvalue weighted by Gasteiger charge is -2.09. The normalized spacial score (nSPS) is 11.2. The van der Waals surface area contributed by atoms with E-state index < -0.39 is 0 Å². The van der Waals surface area contributed by atoms with Crippen molar-refractivity contribution in [2.45, 2.75) is 31.3 Å². The Kier molecular flexibility index (Phi) is 5.19. The molecule has 3 aromatic heterocycles. The molecule has 0 amide bonds. The fourth-order valence-corrected chi connectivity index (χ4v) is 5.23. The van der Waals surface area contributed by atoms with E-state index in [0.717, 1.165) is 32.3 Å². The van der Waals surface area contributed by atoms with Gasteiger partial charge < -0.3 is 4.52 Å². The van der Waals surface area contributed by atoms with Gasteiger partial charge in [-0.05, 0) is 25.5 Å². The predicted octanol–water partition coefficient (Wildman–Crippen LogP) is 5.21. The van der Waals surface area contributed by atoms with Gasteiger partial charge in [0.25, 0.3) is 5.56 Å². The predicted molar refractivity (Wildman–Crippen MR) is 115 cm³/mol. The van der Waals surface area contributed by atoms with Gasteiger partial charge in [0.2, 0.25) is 0 Å². The number of benzene rings is 1. The van der Waals surface area contributed by atoms with Gasteiger partial charge in [0.05, 0.1) is 11.1 Å². The molecule has 3 heterocycles. The van der Waals surface area contributed by atoms with Crippen LogP contribution in [0.25, 0.3) is 20.7 Å². The molecule has 0 aliphatic rings. The van der Waals surface area contributed by atoms with Gasteiger partial charge in [0, 0.05) is 22.7 Å². The van der Waals surface area contributed by atoms with Crippen molar-refractivity contribution in [3.63, 3.8) is 0 Å². The Morgan fingerprint density at radius 1 is 1.29 bits per heavy atom. The highest BCUT2D eigenvalue weighted by molar-refractivity contribution is 7.98. The fourth-order valence-electron chi connectivity index (χ4n) is 2.99. The molecule has 4 rings (SSSR count). The minimum Gasteiger partial charge on any atom is -0.361 e. The van der Waals surface area contributed by atoms with Gasteiger partial charge >= 0.3 is 0 Å². The van der Waals surface area contributed by atoms with Crippen LogP contribution in [0.5, 0.6) is 0 Å². The quantitative estimate of drug-likeness (QED) is 0.249. The molecule has 4 aromatic rings. The monoisotopic (exact) mass is 409 g/mol. The van der Waals surface area contributed by atoms with E-state index in [2.05, 4.69) is 11.7 Å². The molecule has 0 fully saturated rings. The fraction of sp³-hybridized carbons (Fsp3) is 0.190. The number of aryl methyl sites for hydroxylation is 2. The van der Waals surface area contributed by atoms with Crippen LogP contribution < -0.4 is 5.56 Å². The number of fused-ring (bicyclic) bond motifs is 1. The molecule has 0 N–H and O–H groups in total. The molecule has 0 unspecified atom stereocenters. The van der Waals surface area contributed by atoms with Crippen molar-refractivity contribution >= 4 is 33.3 Å². The molecule has 0 atom stereocenters. The Morgan fingerprint density at radius 3 is 2.75 bits per heavy atom. The van der Waals surface area contributed by atoms with Crippen molar-refractivity contribution in [2.75, 3.05) is 0 Å². The van der Waals surface area contributed by atoms with Gasteiger partial charge in [0.1, 0.15) is 10.6 Å². The zero-order valence-electron chi connectivity index (χ0n) is 15.6. The first-order chi connectivity index (χ1) is 13.6. The molecule has 0 spiro atoms. The lowest BCUT2D eigenvalue weighted by atomic mass is 10.2. The van der Waals surface area contributed by atoms with Crippen molar-refractivity contribution in [3.05, 3.63) is 76.4 Å². The van der Waals surface area contributed by atoms with E-state index in [4.69, 9.17) is 9.51 Å². The third kappa shape index (κ3) is 3.43. The first kappa shape index (κ1) is 18.7. The first-order valence-corrected chi connectivity index (χ1v) is 10.6. The van der Waals surface area contributed by atoms with Crippen LogP contribution in [0.4, 0.5) is 0 Å². The highest BCUT2D eigenvalue weighted by Gasteiger charge is 2.16. The Bertz CT molecular complexity index is 1190. The van der Waals surface area contributed by atoms with E-state index in [1.54, 1.807) is 22.0 Å². The van der Waals surface area contributed by atoms with E-state index in [1.165, 1.54) is 11.8 Å². The van der Waals surface area contributed by atoms with Gasteiger partial charge in [-0.1, -0.05) is 53.3 Å². The van der Waals surface area contributed by atoms with Crippen LogP contribution >= 0.6 is 23.1 Å². The summed E-state index contributed by atoms with van der Waals surface area (Å²) in [6.45, 7) is 8.03. The number of allylic oxidation sites excluding steroid dienone is 1. The lowest BCUT2D eigenvalue weighted by molar-refractivity contribution is 0.392. The lowest BCUT2D eigenvalue weighted by Crippen LogP contribution is -2.22. The molecule has 28 heavy (non-hydrogen) atoms. The Hall–Kier alpha value is -2.64. The average Bonchev–Trinajstić information content (AvgIpc) is 3.27. The number of hydrogen-bond acceptors (Lipinski definition) is 6. The Balaban J connectivity index is 1.77. The van der Waals surface area contributed by atoms with Crippen LogP contribution in [0.15, 0.2) is 63.5 Å². The van der Waals surface area contributed by atoms with Crippen LogP contribution in [-0.2, 0) is 12.3 Å². The SMILES string of the molecule is C=CCn1c(SCc2c(C)noc2C)nc2sc(-c3ccccc3)cc2c1=O. The average molecular weight is 410 g/mol. The molecule has 5 nitrogen and oxygen atoms in total. The maximum atomic E-state index is 13.1. The zero-order chi connectivity index (χ0) is 19.7. The van der Waals surface area contributed by atoms with Gasteiger partial charge in [-0.15, -0.1) is 17.9 Å². The summed E-state index contributed by atoms with van der Waals surface area (Å²) >= 11 is 3.06. The smallest absolute Gasteiger partial charge is 0.263 e. The number of nitrogens with zero attached hydrogens (tertiary/aromatic N) is 3. The van der Waals surface area contributed by atoms with Crippen LogP contribution in [0.3, 0.4) is 0 Å². The van der Waals surface area contributed by atoms with Crippen molar-refractivity contribution in [1.29, 1.82) is 0 Å². The second-order valence-corrected chi connectivity index (χ2v) is 8.36. The highest BCUT2D eigenvalue weighted by Crippen LogP contribution is 2.33. The molecule has 0 saturated heterocycles. The van der Waals surface area contributed by atoms with Crippen molar-refractivity contribution in [2.24, 2.45) is 0 Å². The second kappa shape index (κ2) is 7.77. The van der Waals surface area contributed by atoms with Crippen LogP contribution in [0.2, 0.25) is 0 Å². The minimum absolute atomic E-state index is 0.0374. The van der Waals surface area contributed by atoms with Gasteiger partial charge in [-0.2, -0.15) is 0 Å². The van der Waals surface area contributed by atoms with Crippen molar-refractivity contribution in [1.82, 2.24) is 14.7 Å². The van der Waals surface area contributed by atoms with Crippen molar-refractivity contribution in [3.8, 4) is 10.4 Å². The summed E-state index contributed by atoms with van der Waals surface area (Å²) in [4.78, 5) is 19.7. The highest BCUT2D eigenvalue weighted by atomic mass is 32.2. The summed E-state index contributed by atoms with van der Waals surface area (Å²) in [5.74, 6) is 1.44. The maximum Gasteiger partial charge on any atom is 0.263 e. The maximum absolute atomic E-state index is 13.1. The molecule has 0 radical (unpaired) electrons. The van der Waals surface area contributed by atoms with Gasteiger partial charge in [0.15, 0.2) is 5.16 Å². The van der Waals surface area contributed by atoms with Gasteiger partial charge in [-0.25, -0.2) is 4.98 Å². The summed E-state index contributed by atoms with van der Waals surface area (Å²) in [7, 11) is 0. The summed E-state index contributed by atoms with van der Waals surface area (Å²) in [6, 6.07) is 12.0. The molecule has 1 aromatic carbocycles. The molecule has 0 aliphatic heterocycles. The number of hydrogen-bond donors (Lipinski definition) is 0. The van der Waals surface area contributed by atoms with E-state index >= 15 is 0 Å². The Labute approximate surface area is 170 Å². The van der Waals surface area contributed by atoms with E-state index in [-0.39, 0.29) is 5.56 Å². The van der Waals surface area contributed by atoms with Gasteiger partial charge in [-0.3, -0.25) is 9.36 Å². The van der Waals surface area contributed by atoms with E-state index in [9.17, 15) is 4.79 Å². The third-order valence-corrected chi connectivity index (χ3v) is 6.59. The molecule has 142 valence electrons. The molecule has 0 bridgehead atoms. The zero-order valence-corrected chi connectivity index (χ0v) is 17.3.